The average Bonchev–Trinajstić information content (AvgIpc) is 2.63. The smallest absolute Gasteiger partial charge is 0.227 e. The molecule has 25 heavy (non-hydrogen) atoms. The van der Waals surface area contributed by atoms with E-state index in [-0.39, 0.29) is 29.4 Å². The first kappa shape index (κ1) is 19.2. The minimum absolute atomic E-state index is 0.0190. The summed E-state index contributed by atoms with van der Waals surface area (Å²) in [5.41, 5.74) is 1.24. The van der Waals surface area contributed by atoms with Crippen molar-refractivity contribution in [1.29, 1.82) is 0 Å². The number of hydrogen-bond acceptors (Lipinski definition) is 3. The molecule has 0 spiro atoms. The zero-order valence-corrected chi connectivity index (χ0v) is 15.4. The van der Waals surface area contributed by atoms with Gasteiger partial charge in [0.1, 0.15) is 0 Å². The van der Waals surface area contributed by atoms with Gasteiger partial charge in [-0.05, 0) is 58.6 Å². The van der Waals surface area contributed by atoms with Crippen LogP contribution < -0.4 is 5.32 Å². The fourth-order valence-corrected chi connectivity index (χ4v) is 3.46. The van der Waals surface area contributed by atoms with Crippen LogP contribution in [0, 0.1) is 11.8 Å². The van der Waals surface area contributed by atoms with Gasteiger partial charge in [0, 0.05) is 36.2 Å². The first-order valence-corrected chi connectivity index (χ1v) is 9.16. The molecule has 5 nitrogen and oxygen atoms in total. The number of benzene rings is 1. The second-order valence-corrected chi connectivity index (χ2v) is 6.69. The minimum Gasteiger partial charge on any atom is -0.343 e. The van der Waals surface area contributed by atoms with Crippen molar-refractivity contribution < 1.29 is 14.4 Å². The van der Waals surface area contributed by atoms with E-state index in [0.717, 1.165) is 38.8 Å². The number of nitrogens with one attached hydrogen (secondary N) is 1. The lowest BCUT2D eigenvalue weighted by molar-refractivity contribution is -0.137. The standard InChI is InChI=1S/C20H28N2O3/c1-4-22(5-2)20(25)16-11-9-15(10-12-16)19(24)21-18-8-6-7-17(13-18)14(3)23/h6-8,13,15-16H,4-5,9-12H2,1-3H3,(H,21,24). The molecule has 2 amide bonds. The van der Waals surface area contributed by atoms with Crippen molar-refractivity contribution in [1.82, 2.24) is 4.90 Å². The van der Waals surface area contributed by atoms with Crippen molar-refractivity contribution in [3.8, 4) is 0 Å². The van der Waals surface area contributed by atoms with E-state index >= 15 is 0 Å². The molecule has 1 aromatic carbocycles. The van der Waals surface area contributed by atoms with Gasteiger partial charge in [-0.3, -0.25) is 14.4 Å². The van der Waals surface area contributed by atoms with Gasteiger partial charge < -0.3 is 10.2 Å². The normalized spacial score (nSPS) is 20.0. The van der Waals surface area contributed by atoms with Crippen LogP contribution in [0.3, 0.4) is 0 Å². The summed E-state index contributed by atoms with van der Waals surface area (Å²) in [5, 5.41) is 2.91. The molecule has 0 unspecified atom stereocenters. The number of carbonyl (C=O) groups excluding carboxylic acids is 3. The van der Waals surface area contributed by atoms with E-state index in [4.69, 9.17) is 0 Å². The number of rotatable bonds is 6. The molecule has 136 valence electrons. The molecular formula is C20H28N2O3. The monoisotopic (exact) mass is 344 g/mol. The van der Waals surface area contributed by atoms with Crippen molar-refractivity contribution in [2.45, 2.75) is 46.5 Å². The first-order valence-electron chi connectivity index (χ1n) is 9.16. The summed E-state index contributed by atoms with van der Waals surface area (Å²) in [7, 11) is 0. The molecule has 0 aliphatic heterocycles. The molecule has 1 aliphatic rings. The highest BCUT2D eigenvalue weighted by Crippen LogP contribution is 2.31. The van der Waals surface area contributed by atoms with Crippen LogP contribution in [0.2, 0.25) is 0 Å². The van der Waals surface area contributed by atoms with Crippen LogP contribution in [-0.2, 0) is 9.59 Å². The van der Waals surface area contributed by atoms with Crippen molar-refractivity contribution >= 4 is 23.3 Å². The molecule has 1 N–H and O–H groups in total. The maximum atomic E-state index is 12.5. The fraction of sp³-hybridized carbons (Fsp3) is 0.550. The molecule has 0 aromatic heterocycles. The van der Waals surface area contributed by atoms with Crippen LogP contribution in [0.15, 0.2) is 24.3 Å². The van der Waals surface area contributed by atoms with Gasteiger partial charge in [-0.1, -0.05) is 12.1 Å². The van der Waals surface area contributed by atoms with Gasteiger partial charge in [0.15, 0.2) is 5.78 Å². The molecule has 1 aliphatic carbocycles. The zero-order chi connectivity index (χ0) is 18.4. The van der Waals surface area contributed by atoms with E-state index in [0.29, 0.717) is 11.3 Å². The Morgan fingerprint density at radius 2 is 1.64 bits per heavy atom. The van der Waals surface area contributed by atoms with Crippen LogP contribution in [0.1, 0.15) is 56.8 Å². The van der Waals surface area contributed by atoms with Gasteiger partial charge in [0.05, 0.1) is 0 Å². The van der Waals surface area contributed by atoms with Crippen LogP contribution in [0.25, 0.3) is 0 Å². The number of anilines is 1. The lowest BCUT2D eigenvalue weighted by Crippen LogP contribution is -2.38. The van der Waals surface area contributed by atoms with Crippen LogP contribution >= 0.6 is 0 Å². The Morgan fingerprint density at radius 1 is 1.04 bits per heavy atom. The molecule has 0 atom stereocenters. The van der Waals surface area contributed by atoms with Crippen molar-refractivity contribution in [3.63, 3.8) is 0 Å². The second kappa shape index (κ2) is 8.79. The summed E-state index contributed by atoms with van der Waals surface area (Å²) in [5.74, 6) is 0.158. The predicted octanol–water partition coefficient (Wildman–Crippen LogP) is 3.50. The number of amides is 2. The molecule has 0 bridgehead atoms. The SMILES string of the molecule is CCN(CC)C(=O)C1CCC(C(=O)Nc2cccc(C(C)=O)c2)CC1. The largest absolute Gasteiger partial charge is 0.343 e. The molecule has 0 heterocycles. The highest BCUT2D eigenvalue weighted by atomic mass is 16.2. The zero-order valence-electron chi connectivity index (χ0n) is 15.4. The summed E-state index contributed by atoms with van der Waals surface area (Å²) in [6.45, 7) is 6.98. The van der Waals surface area contributed by atoms with E-state index in [1.165, 1.54) is 6.92 Å². The first-order chi connectivity index (χ1) is 12.0. The van der Waals surface area contributed by atoms with Crippen molar-refractivity contribution in [2.75, 3.05) is 18.4 Å². The van der Waals surface area contributed by atoms with E-state index in [2.05, 4.69) is 5.32 Å². The van der Waals surface area contributed by atoms with E-state index < -0.39 is 0 Å². The van der Waals surface area contributed by atoms with Crippen LogP contribution in [0.5, 0.6) is 0 Å². The quantitative estimate of drug-likeness (QED) is 0.803. The maximum absolute atomic E-state index is 12.5. The third-order valence-electron chi connectivity index (χ3n) is 5.06. The van der Waals surface area contributed by atoms with Gasteiger partial charge >= 0.3 is 0 Å². The molecular weight excluding hydrogens is 316 g/mol. The predicted molar refractivity (Wildman–Crippen MR) is 98.5 cm³/mol. The van der Waals surface area contributed by atoms with E-state index in [9.17, 15) is 14.4 Å². The van der Waals surface area contributed by atoms with Gasteiger partial charge in [-0.15, -0.1) is 0 Å². The Hall–Kier alpha value is -2.17. The molecule has 5 heteroatoms. The molecule has 1 saturated carbocycles. The average molecular weight is 344 g/mol. The van der Waals surface area contributed by atoms with Gasteiger partial charge in [-0.25, -0.2) is 0 Å². The molecule has 0 radical (unpaired) electrons. The summed E-state index contributed by atoms with van der Waals surface area (Å²) in [6.07, 6.45) is 2.99. The number of ketones is 1. The minimum atomic E-state index is -0.0678. The Morgan fingerprint density at radius 3 is 2.20 bits per heavy atom. The maximum Gasteiger partial charge on any atom is 0.227 e. The summed E-state index contributed by atoms with van der Waals surface area (Å²) in [4.78, 5) is 38.2. The summed E-state index contributed by atoms with van der Waals surface area (Å²) in [6, 6.07) is 7.00. The topological polar surface area (TPSA) is 66.5 Å². The highest BCUT2D eigenvalue weighted by Gasteiger charge is 2.31. The van der Waals surface area contributed by atoms with Crippen LogP contribution in [-0.4, -0.2) is 35.6 Å². The molecule has 2 rings (SSSR count). The van der Waals surface area contributed by atoms with E-state index in [1.807, 2.05) is 18.7 Å². The third-order valence-corrected chi connectivity index (χ3v) is 5.06. The fourth-order valence-electron chi connectivity index (χ4n) is 3.46. The molecule has 1 aromatic rings. The third kappa shape index (κ3) is 4.91. The molecule has 1 fully saturated rings. The van der Waals surface area contributed by atoms with Crippen molar-refractivity contribution in [3.05, 3.63) is 29.8 Å². The number of nitrogens with zero attached hydrogens (tertiary/aromatic N) is 1. The lowest BCUT2D eigenvalue weighted by atomic mass is 9.81. The number of carbonyl (C=O) groups is 3. The van der Waals surface area contributed by atoms with Gasteiger partial charge in [-0.2, -0.15) is 0 Å². The molecule has 0 saturated heterocycles. The Bertz CT molecular complexity index is 630. The number of Topliss-reactive ketones (excluding diaryl/α,β-unsaturated/α-hetero) is 1. The highest BCUT2D eigenvalue weighted by molar-refractivity contribution is 5.97. The summed E-state index contributed by atoms with van der Waals surface area (Å²) < 4.78 is 0. The Balaban J connectivity index is 1.90. The van der Waals surface area contributed by atoms with Crippen LogP contribution in [0.4, 0.5) is 5.69 Å². The van der Waals surface area contributed by atoms with Gasteiger partial charge in [0.25, 0.3) is 0 Å². The second-order valence-electron chi connectivity index (χ2n) is 6.69. The Labute approximate surface area is 149 Å². The van der Waals surface area contributed by atoms with Gasteiger partial charge in [0.2, 0.25) is 11.8 Å². The lowest BCUT2D eigenvalue weighted by Gasteiger charge is -2.30. The van der Waals surface area contributed by atoms with Crippen molar-refractivity contribution in [2.24, 2.45) is 11.8 Å². The van der Waals surface area contributed by atoms with E-state index in [1.54, 1.807) is 24.3 Å². The Kier molecular flexibility index (Phi) is 6.73. The summed E-state index contributed by atoms with van der Waals surface area (Å²) >= 11 is 0. The number of hydrogen-bond donors (Lipinski definition) is 1.